The molecule has 2 aromatic carbocycles. The first-order valence-corrected chi connectivity index (χ1v) is 12.3. The Morgan fingerprint density at radius 3 is 2.46 bits per heavy atom. The molecule has 3 heterocycles. The molecule has 2 bridgehead atoms. The minimum atomic E-state index is -3.07. The molecule has 5 nitrogen and oxygen atoms in total. The van der Waals surface area contributed by atoms with Gasteiger partial charge in [0, 0.05) is 38.1 Å². The first-order valence-electron chi connectivity index (χ1n) is 9.59. The molecular formula is C21H23N3O2S2. The van der Waals surface area contributed by atoms with Crippen molar-refractivity contribution in [2.24, 2.45) is 0 Å². The number of benzene rings is 2. The van der Waals surface area contributed by atoms with Gasteiger partial charge in [-0.3, -0.25) is 4.90 Å². The highest BCUT2D eigenvalue weighted by Crippen LogP contribution is 2.33. The molecule has 2 atom stereocenters. The molecule has 28 heavy (non-hydrogen) atoms. The van der Waals surface area contributed by atoms with E-state index < -0.39 is 10.0 Å². The van der Waals surface area contributed by atoms with E-state index in [0.29, 0.717) is 12.6 Å². The molecule has 2 fully saturated rings. The van der Waals surface area contributed by atoms with Gasteiger partial charge in [-0.25, -0.2) is 13.4 Å². The van der Waals surface area contributed by atoms with Crippen LogP contribution >= 0.6 is 11.3 Å². The SMILES string of the molecule is CS(=O)(=O)N1C[C@@H]2C[C@H]1CN2Cc1ccc(Cc2nc3ccccc3s2)cc1. The van der Waals surface area contributed by atoms with Crippen LogP contribution in [-0.2, 0) is 23.0 Å². The van der Waals surface area contributed by atoms with Crippen LogP contribution in [0.15, 0.2) is 48.5 Å². The second-order valence-corrected chi connectivity index (χ2v) is 10.9. The molecule has 0 unspecified atom stereocenters. The number of fused-ring (bicyclic) bond motifs is 3. The summed E-state index contributed by atoms with van der Waals surface area (Å²) in [5.74, 6) is 0. The quantitative estimate of drug-likeness (QED) is 0.645. The van der Waals surface area contributed by atoms with Crippen molar-refractivity contribution in [3.8, 4) is 0 Å². The largest absolute Gasteiger partial charge is 0.293 e. The molecule has 2 aliphatic heterocycles. The third kappa shape index (κ3) is 3.48. The Labute approximate surface area is 169 Å². The average molecular weight is 414 g/mol. The molecule has 1 aromatic heterocycles. The van der Waals surface area contributed by atoms with Gasteiger partial charge in [0.05, 0.1) is 21.5 Å². The Morgan fingerprint density at radius 2 is 1.79 bits per heavy atom. The van der Waals surface area contributed by atoms with Gasteiger partial charge in [-0.05, 0) is 29.7 Å². The molecule has 3 aromatic rings. The second-order valence-electron chi connectivity index (χ2n) is 7.87. The van der Waals surface area contributed by atoms with Crippen molar-refractivity contribution in [2.45, 2.75) is 31.5 Å². The number of rotatable bonds is 5. The standard InChI is InChI=1S/C21H23N3O2S2/c1-28(25,26)24-14-17-11-18(24)13-23(17)12-16-8-6-15(7-9-16)10-21-22-19-4-2-3-5-20(19)27-21/h2-9,17-18H,10-14H2,1H3/t17-,18-/m0/s1. The summed E-state index contributed by atoms with van der Waals surface area (Å²) in [7, 11) is -3.07. The lowest BCUT2D eigenvalue weighted by Crippen LogP contribution is -2.47. The Kier molecular flexibility index (Phi) is 4.50. The van der Waals surface area contributed by atoms with Crippen LogP contribution < -0.4 is 0 Å². The van der Waals surface area contributed by atoms with E-state index >= 15 is 0 Å². The van der Waals surface area contributed by atoms with E-state index in [-0.39, 0.29) is 6.04 Å². The van der Waals surface area contributed by atoms with Crippen LogP contribution in [0.2, 0.25) is 0 Å². The number of sulfonamides is 1. The van der Waals surface area contributed by atoms with Gasteiger partial charge in [-0.1, -0.05) is 36.4 Å². The molecule has 2 aliphatic rings. The smallest absolute Gasteiger partial charge is 0.211 e. The summed E-state index contributed by atoms with van der Waals surface area (Å²) in [5.41, 5.74) is 3.63. The topological polar surface area (TPSA) is 53.5 Å². The summed E-state index contributed by atoms with van der Waals surface area (Å²) in [4.78, 5) is 7.15. The number of piperazine rings is 1. The van der Waals surface area contributed by atoms with Crippen molar-refractivity contribution in [2.75, 3.05) is 19.3 Å². The van der Waals surface area contributed by atoms with Crippen LogP contribution in [0.25, 0.3) is 10.2 Å². The number of thiazole rings is 1. The lowest BCUT2D eigenvalue weighted by atomic mass is 10.1. The van der Waals surface area contributed by atoms with Gasteiger partial charge in [-0.2, -0.15) is 4.31 Å². The summed E-state index contributed by atoms with van der Waals surface area (Å²) in [6.45, 7) is 2.37. The van der Waals surface area contributed by atoms with Gasteiger partial charge in [-0.15, -0.1) is 11.3 Å². The molecule has 146 valence electrons. The average Bonchev–Trinajstić information content (AvgIpc) is 3.35. The summed E-state index contributed by atoms with van der Waals surface area (Å²) < 4.78 is 26.6. The zero-order valence-electron chi connectivity index (χ0n) is 15.8. The minimum Gasteiger partial charge on any atom is -0.293 e. The fourth-order valence-corrected chi connectivity index (χ4v) is 6.62. The molecule has 5 rings (SSSR count). The predicted molar refractivity (Wildman–Crippen MR) is 113 cm³/mol. The van der Waals surface area contributed by atoms with Crippen molar-refractivity contribution >= 4 is 31.6 Å². The molecule has 0 spiro atoms. The maximum absolute atomic E-state index is 11.8. The highest BCUT2D eigenvalue weighted by Gasteiger charge is 2.46. The van der Waals surface area contributed by atoms with E-state index in [1.165, 1.54) is 22.1 Å². The third-order valence-corrected chi connectivity index (χ3v) is 8.17. The van der Waals surface area contributed by atoms with E-state index in [1.807, 2.05) is 6.07 Å². The van der Waals surface area contributed by atoms with Gasteiger partial charge >= 0.3 is 0 Å². The van der Waals surface area contributed by atoms with Crippen LogP contribution in [0.3, 0.4) is 0 Å². The molecular weight excluding hydrogens is 390 g/mol. The molecule has 0 radical (unpaired) electrons. The maximum atomic E-state index is 11.8. The maximum Gasteiger partial charge on any atom is 0.211 e. The van der Waals surface area contributed by atoms with Crippen LogP contribution in [-0.4, -0.2) is 54.0 Å². The highest BCUT2D eigenvalue weighted by molar-refractivity contribution is 7.88. The molecule has 0 N–H and O–H groups in total. The van der Waals surface area contributed by atoms with Gasteiger partial charge in [0.2, 0.25) is 10.0 Å². The number of nitrogens with zero attached hydrogens (tertiary/aromatic N) is 3. The first kappa shape index (κ1) is 18.2. The fraction of sp³-hybridized carbons (Fsp3) is 0.381. The molecule has 2 saturated heterocycles. The summed E-state index contributed by atoms with van der Waals surface area (Å²) >= 11 is 1.76. The van der Waals surface area contributed by atoms with E-state index in [1.54, 1.807) is 15.6 Å². The number of hydrogen-bond acceptors (Lipinski definition) is 5. The van der Waals surface area contributed by atoms with Crippen molar-refractivity contribution < 1.29 is 8.42 Å². The van der Waals surface area contributed by atoms with Gasteiger partial charge < -0.3 is 0 Å². The Morgan fingerprint density at radius 1 is 1.04 bits per heavy atom. The van der Waals surface area contributed by atoms with Crippen molar-refractivity contribution in [3.63, 3.8) is 0 Å². The molecule has 0 amide bonds. The van der Waals surface area contributed by atoms with E-state index in [2.05, 4.69) is 47.4 Å². The zero-order valence-corrected chi connectivity index (χ0v) is 17.4. The van der Waals surface area contributed by atoms with E-state index in [0.717, 1.165) is 36.5 Å². The summed E-state index contributed by atoms with van der Waals surface area (Å²) in [6.07, 6.45) is 3.14. The fourth-order valence-electron chi connectivity index (χ4n) is 4.48. The van der Waals surface area contributed by atoms with E-state index in [9.17, 15) is 8.42 Å². The lowest BCUT2D eigenvalue weighted by molar-refractivity contribution is 0.175. The summed E-state index contributed by atoms with van der Waals surface area (Å²) in [5, 5.41) is 1.15. The molecule has 7 heteroatoms. The summed E-state index contributed by atoms with van der Waals surface area (Å²) in [6, 6.07) is 17.5. The number of para-hydroxylation sites is 1. The van der Waals surface area contributed by atoms with Gasteiger partial charge in [0.25, 0.3) is 0 Å². The van der Waals surface area contributed by atoms with Gasteiger partial charge in [0.15, 0.2) is 0 Å². The lowest BCUT2D eigenvalue weighted by Gasteiger charge is -2.32. The van der Waals surface area contributed by atoms with Crippen LogP contribution in [0.4, 0.5) is 0 Å². The van der Waals surface area contributed by atoms with Gasteiger partial charge in [0.1, 0.15) is 0 Å². The Balaban J connectivity index is 1.23. The third-order valence-electron chi connectivity index (χ3n) is 5.83. The zero-order chi connectivity index (χ0) is 19.3. The van der Waals surface area contributed by atoms with Crippen LogP contribution in [0, 0.1) is 0 Å². The highest BCUT2D eigenvalue weighted by atomic mass is 32.2. The van der Waals surface area contributed by atoms with Crippen molar-refractivity contribution in [1.29, 1.82) is 0 Å². The molecule has 0 saturated carbocycles. The van der Waals surface area contributed by atoms with Crippen LogP contribution in [0.5, 0.6) is 0 Å². The Hall–Kier alpha value is -1.80. The van der Waals surface area contributed by atoms with Crippen molar-refractivity contribution in [3.05, 3.63) is 64.7 Å². The Bertz CT molecular complexity index is 1080. The normalized spacial score (nSPS) is 23.0. The van der Waals surface area contributed by atoms with Crippen molar-refractivity contribution in [1.82, 2.24) is 14.2 Å². The van der Waals surface area contributed by atoms with Crippen LogP contribution in [0.1, 0.15) is 22.6 Å². The number of aromatic nitrogens is 1. The number of hydrogen-bond donors (Lipinski definition) is 0. The first-order chi connectivity index (χ1) is 13.5. The predicted octanol–water partition coefficient (Wildman–Crippen LogP) is 3.11. The minimum absolute atomic E-state index is 0.151. The number of likely N-dealkylation sites (tertiary alicyclic amines) is 1. The molecule has 0 aliphatic carbocycles. The monoisotopic (exact) mass is 413 g/mol. The van der Waals surface area contributed by atoms with E-state index in [4.69, 9.17) is 4.98 Å². The second kappa shape index (κ2) is 6.91.